The number of nitrogens with zero attached hydrogens (tertiary/aromatic N) is 6. The summed E-state index contributed by atoms with van der Waals surface area (Å²) in [6.45, 7) is 7.01. The maximum Gasteiger partial charge on any atom is 0.573 e. The van der Waals surface area contributed by atoms with Gasteiger partial charge in [-0.3, -0.25) is 28.8 Å². The highest BCUT2D eigenvalue weighted by Crippen LogP contribution is 2.31. The highest BCUT2D eigenvalue weighted by Gasteiger charge is 2.44. The van der Waals surface area contributed by atoms with E-state index in [2.05, 4.69) is 35.6 Å². The van der Waals surface area contributed by atoms with E-state index >= 15 is 4.39 Å². The number of nitrogens with two attached hydrogens (primary N) is 1. The second-order valence-electron chi connectivity index (χ2n) is 20.1. The molecule has 0 saturated carbocycles. The molecule has 5 atom stereocenters. The van der Waals surface area contributed by atoms with E-state index in [9.17, 15) is 47.0 Å². The number of pyridine rings is 1. The van der Waals surface area contributed by atoms with E-state index in [4.69, 9.17) is 15.2 Å². The van der Waals surface area contributed by atoms with Crippen LogP contribution in [0, 0.1) is 12.3 Å². The Labute approximate surface area is 451 Å². The van der Waals surface area contributed by atoms with Gasteiger partial charge < -0.3 is 55.4 Å². The summed E-state index contributed by atoms with van der Waals surface area (Å²) < 4.78 is 69.7. The zero-order valence-corrected chi connectivity index (χ0v) is 44.2. The number of imidazole rings is 1. The molecule has 2 aromatic carbocycles. The Bertz CT molecular complexity index is 2910. The number of aryl methyl sites for hydroxylation is 2. The lowest BCUT2D eigenvalue weighted by Crippen LogP contribution is -2.58. The van der Waals surface area contributed by atoms with Gasteiger partial charge in [-0.25, -0.2) is 19.3 Å². The van der Waals surface area contributed by atoms with Crippen LogP contribution < -0.4 is 31.2 Å². The van der Waals surface area contributed by atoms with Crippen LogP contribution in [0.25, 0.3) is 21.7 Å². The minimum absolute atomic E-state index is 0.0346. The van der Waals surface area contributed by atoms with Gasteiger partial charge in [-0.15, -0.1) is 24.5 Å². The number of aliphatic hydroxyl groups excluding tert-OH is 1. The van der Waals surface area contributed by atoms with Gasteiger partial charge in [0.05, 0.1) is 47.2 Å². The zero-order chi connectivity index (χ0) is 56.3. The Balaban J connectivity index is 0.798. The fraction of sp³-hybridized carbons (Fsp3) is 0.453. The van der Waals surface area contributed by atoms with Gasteiger partial charge in [-0.05, 0) is 60.1 Å². The molecule has 5 heterocycles. The lowest BCUT2D eigenvalue weighted by molar-refractivity contribution is -0.274. The predicted molar refractivity (Wildman–Crippen MR) is 276 cm³/mol. The molecule has 0 unspecified atom stereocenters. The highest BCUT2D eigenvalue weighted by molar-refractivity contribution is 7.13. The van der Waals surface area contributed by atoms with Crippen LogP contribution in [0.2, 0.25) is 0 Å². The fourth-order valence-electron chi connectivity index (χ4n) is 8.89. The number of halogens is 4. The number of unbranched alkanes of at least 4 members (excludes halogenated alkanes) is 1. The summed E-state index contributed by atoms with van der Waals surface area (Å²) in [7, 11) is 0. The number of aliphatic hydroxyl groups is 1. The van der Waals surface area contributed by atoms with Gasteiger partial charge in [-0.2, -0.15) is 0 Å². The lowest BCUT2D eigenvalue weighted by atomic mass is 9.85. The van der Waals surface area contributed by atoms with Crippen molar-refractivity contribution in [3.8, 4) is 33.3 Å². The molecule has 20 nitrogen and oxygen atoms in total. The van der Waals surface area contributed by atoms with Gasteiger partial charge >= 0.3 is 6.36 Å². The second kappa shape index (κ2) is 25.8. The first kappa shape index (κ1) is 58.2. The van der Waals surface area contributed by atoms with E-state index in [1.54, 1.807) is 54.7 Å². The third-order valence-corrected chi connectivity index (χ3v) is 14.0. The van der Waals surface area contributed by atoms with Gasteiger partial charge in [0.25, 0.3) is 5.91 Å². The van der Waals surface area contributed by atoms with Gasteiger partial charge in [0, 0.05) is 63.5 Å². The van der Waals surface area contributed by atoms with Crippen molar-refractivity contribution in [3.63, 3.8) is 0 Å². The monoisotopic (exact) mass is 1110 g/mol. The summed E-state index contributed by atoms with van der Waals surface area (Å²) >= 11 is 1.54. The summed E-state index contributed by atoms with van der Waals surface area (Å²) in [5.74, 6) is -4.00. The number of thiazole rings is 1. The van der Waals surface area contributed by atoms with Crippen LogP contribution in [-0.2, 0) is 48.2 Å². The lowest BCUT2D eigenvalue weighted by Gasteiger charge is -2.35. The molecule has 6 N–H and O–H groups in total. The number of hydrogen-bond acceptors (Lipinski definition) is 14. The molecule has 2 aliphatic heterocycles. The zero-order valence-electron chi connectivity index (χ0n) is 43.4. The molecule has 2 saturated heterocycles. The number of rotatable bonds is 22. The molecule has 2 fully saturated rings. The number of nitrogens with one attached hydrogen (secondary N) is 3. The SMILES string of the molecule is Cc1ncsc1-c1ccc(CNC(=O)[C@@H]2C[C@@H](O)CN2C(=O)[C@@H](NC(=O)COCC(=O)NCCCCn2cnc(-c3cnc(O[C@@H]4CCN(C(=O)Cc5ccc(OC(F)(F)F)cc5)C[C@H]4F)c(C(N)=O)c3)c2)C(C)(C)C)cc1. The molecule has 0 spiro atoms. The van der Waals surface area contributed by atoms with E-state index in [1.807, 2.05) is 31.2 Å². The Morgan fingerprint density at radius 1 is 0.910 bits per heavy atom. The number of β-amino-alcohol motifs (C(OH)–C–C–N with tert-alkyl or cyclic N) is 1. The van der Waals surface area contributed by atoms with E-state index in [-0.39, 0.29) is 56.9 Å². The first-order chi connectivity index (χ1) is 37.0. The quantitative estimate of drug-likeness (QED) is 0.0467. The summed E-state index contributed by atoms with van der Waals surface area (Å²) in [6, 6.07) is 11.9. The number of likely N-dealkylation sites (tertiary alicyclic amines) is 2. The summed E-state index contributed by atoms with van der Waals surface area (Å²) in [6.07, 6.45) is -2.69. The molecule has 0 aliphatic carbocycles. The molecule has 78 heavy (non-hydrogen) atoms. The number of carbonyl (C=O) groups is 6. The van der Waals surface area contributed by atoms with E-state index in [1.165, 1.54) is 34.2 Å². The molecule has 25 heteroatoms. The smallest absolute Gasteiger partial charge is 0.471 e. The van der Waals surface area contributed by atoms with Gasteiger partial charge in [-0.1, -0.05) is 57.2 Å². The molecule has 3 aromatic heterocycles. The average Bonchev–Trinajstić information content (AvgIpc) is 4.17. The Morgan fingerprint density at radius 3 is 2.29 bits per heavy atom. The van der Waals surface area contributed by atoms with Crippen LogP contribution in [-0.4, -0.2) is 146 Å². The normalized spacial score (nSPS) is 18.0. The van der Waals surface area contributed by atoms with Crippen LogP contribution in [0.3, 0.4) is 0 Å². The first-order valence-electron chi connectivity index (χ1n) is 25.2. The van der Waals surface area contributed by atoms with Gasteiger partial charge in [0.15, 0.2) is 6.17 Å². The Kier molecular flexibility index (Phi) is 19.2. The summed E-state index contributed by atoms with van der Waals surface area (Å²) in [5, 5.41) is 18.9. The third-order valence-electron chi connectivity index (χ3n) is 13.0. The molecule has 418 valence electrons. The first-order valence-corrected chi connectivity index (χ1v) is 26.0. The van der Waals surface area contributed by atoms with Crippen molar-refractivity contribution < 1.29 is 65.6 Å². The third kappa shape index (κ3) is 16.0. The van der Waals surface area contributed by atoms with Crippen LogP contribution in [0.5, 0.6) is 11.6 Å². The van der Waals surface area contributed by atoms with Gasteiger partial charge in [0.2, 0.25) is 35.4 Å². The van der Waals surface area contributed by atoms with Crippen LogP contribution in [0.15, 0.2) is 78.8 Å². The molecule has 0 bridgehead atoms. The predicted octanol–water partition coefficient (Wildman–Crippen LogP) is 4.66. The molecular formula is C53H62F4N10O10S. The van der Waals surface area contributed by atoms with Crippen LogP contribution in [0.1, 0.15) is 73.6 Å². The molecule has 2 aliphatic rings. The van der Waals surface area contributed by atoms with Crippen LogP contribution >= 0.6 is 11.3 Å². The number of aromatic nitrogens is 4. The van der Waals surface area contributed by atoms with Crippen molar-refractivity contribution in [2.45, 2.75) is 110 Å². The maximum atomic E-state index is 15.4. The second-order valence-corrected chi connectivity index (χ2v) is 21.0. The fourth-order valence-corrected chi connectivity index (χ4v) is 9.70. The number of amides is 6. The van der Waals surface area contributed by atoms with E-state index in [0.29, 0.717) is 42.8 Å². The summed E-state index contributed by atoms with van der Waals surface area (Å²) in [5.41, 5.74) is 10.6. The molecule has 6 amide bonds. The average molecular weight is 1110 g/mol. The van der Waals surface area contributed by atoms with Crippen LogP contribution in [0.4, 0.5) is 17.6 Å². The van der Waals surface area contributed by atoms with Crippen molar-refractivity contribution in [2.24, 2.45) is 11.1 Å². The van der Waals surface area contributed by atoms with E-state index in [0.717, 1.165) is 33.8 Å². The molecule has 0 radical (unpaired) electrons. The standard InChI is InChI=1S/C53H62F4N10O10S/c1-31-46(78-30-63-31)34-11-7-33(8-12-34)22-60-49(73)41-21-36(68)24-67(41)51(74)47(52(2,3)4)64-44(70)28-75-27-43(69)59-16-5-6-17-65-26-40(62-29-65)35-20-38(48(58)72)50(61-23-35)76-42-15-18-66(25-39(42)54)45(71)19-32-9-13-37(14-10-32)77-53(55,56)57/h7-14,20,23,26,29-30,36,39,41-42,47,68H,5-6,15-19,21-22,24-25,27-28H2,1-4H3,(H2,58,72)(H,59,69)(H,60,73)(H,64,70)/t36-,39-,41+,42-,47-/m1/s1. The number of hydrogen-bond donors (Lipinski definition) is 5. The van der Waals surface area contributed by atoms with Crippen molar-refractivity contribution in [2.75, 3.05) is 39.4 Å². The summed E-state index contributed by atoms with van der Waals surface area (Å²) in [4.78, 5) is 95.1. The number of piperidine rings is 1. The van der Waals surface area contributed by atoms with Gasteiger partial charge in [0.1, 0.15) is 42.7 Å². The minimum atomic E-state index is -4.86. The van der Waals surface area contributed by atoms with Crippen molar-refractivity contribution in [1.82, 2.24) is 45.3 Å². The number of ether oxygens (including phenoxy) is 3. The van der Waals surface area contributed by atoms with Crippen molar-refractivity contribution in [3.05, 3.63) is 101 Å². The van der Waals surface area contributed by atoms with Crippen molar-refractivity contribution >= 4 is 46.8 Å². The number of primary amides is 1. The molecule has 5 aromatic rings. The Morgan fingerprint density at radius 2 is 1.63 bits per heavy atom. The molecular weight excluding hydrogens is 1040 g/mol. The maximum absolute atomic E-state index is 15.4. The Hall–Kier alpha value is -7.51. The minimum Gasteiger partial charge on any atom is -0.471 e. The number of carbonyl (C=O) groups excluding carboxylic acids is 6. The number of benzene rings is 2. The molecule has 7 rings (SSSR count). The topological polar surface area (TPSA) is 263 Å². The largest absolute Gasteiger partial charge is 0.573 e. The van der Waals surface area contributed by atoms with E-state index < -0.39 is 96.6 Å². The highest BCUT2D eigenvalue weighted by atomic mass is 32.1. The number of alkyl halides is 4. The van der Waals surface area contributed by atoms with Crippen molar-refractivity contribution in [1.29, 1.82) is 0 Å².